The topological polar surface area (TPSA) is 16.4 Å². The van der Waals surface area contributed by atoms with Gasteiger partial charge < -0.3 is 9.32 Å². The molecule has 2 nitrogen and oxygen atoms in total. The van der Waals surface area contributed by atoms with Crippen molar-refractivity contribution < 1.29 is 4.42 Å². The Bertz CT molecular complexity index is 3520. The van der Waals surface area contributed by atoms with Crippen LogP contribution in [0.1, 0.15) is 48.6 Å². The predicted octanol–water partition coefficient (Wildman–Crippen LogP) is 17.2. The maximum atomic E-state index is 6.36. The van der Waals surface area contributed by atoms with Gasteiger partial charge >= 0.3 is 0 Å². The van der Waals surface area contributed by atoms with Crippen molar-refractivity contribution in [3.8, 4) is 33.4 Å². The van der Waals surface area contributed by atoms with E-state index in [1.54, 1.807) is 0 Å². The van der Waals surface area contributed by atoms with Gasteiger partial charge in [0.25, 0.3) is 0 Å². The zero-order valence-electron chi connectivity index (χ0n) is 36.8. The Labute approximate surface area is 380 Å². The number of hydrogen-bond acceptors (Lipinski definition) is 2. The van der Waals surface area contributed by atoms with Gasteiger partial charge in [0.1, 0.15) is 11.2 Å². The van der Waals surface area contributed by atoms with Crippen LogP contribution in [0.15, 0.2) is 235 Å². The van der Waals surface area contributed by atoms with Gasteiger partial charge in [-0.3, -0.25) is 0 Å². The van der Waals surface area contributed by atoms with E-state index in [4.69, 9.17) is 4.42 Å². The van der Waals surface area contributed by atoms with Crippen LogP contribution in [0.25, 0.3) is 66.1 Å². The molecule has 1 aliphatic carbocycles. The minimum atomic E-state index is -0.487. The molecule has 0 saturated heterocycles. The lowest BCUT2D eigenvalue weighted by molar-refractivity contribution is 0.590. The highest BCUT2D eigenvalue weighted by Crippen LogP contribution is 2.57. The van der Waals surface area contributed by atoms with Crippen LogP contribution in [0, 0.1) is 0 Å². The maximum absolute atomic E-state index is 6.36. The number of nitrogens with zero attached hydrogens (tertiary/aromatic N) is 1. The van der Waals surface area contributed by atoms with Crippen molar-refractivity contribution in [2.75, 3.05) is 4.90 Å². The first kappa shape index (κ1) is 38.7. The molecule has 0 fully saturated rings. The number of fused-ring (bicyclic) bond motifs is 7. The summed E-state index contributed by atoms with van der Waals surface area (Å²) in [5.74, 6) is 0. The minimum Gasteiger partial charge on any atom is -0.456 e. The molecule has 0 N–H and O–H groups in total. The fraction of sp³-hybridized carbons (Fsp3) is 0.0794. The van der Waals surface area contributed by atoms with Gasteiger partial charge in [-0.1, -0.05) is 203 Å². The van der Waals surface area contributed by atoms with Gasteiger partial charge in [-0.2, -0.15) is 0 Å². The van der Waals surface area contributed by atoms with E-state index in [1.165, 1.54) is 66.4 Å². The Hall–Kier alpha value is -7.94. The molecule has 10 aromatic carbocycles. The normalized spacial score (nSPS) is 13.0. The molecule has 0 radical (unpaired) electrons. The van der Waals surface area contributed by atoms with Crippen molar-refractivity contribution in [1.29, 1.82) is 0 Å². The van der Waals surface area contributed by atoms with Crippen LogP contribution in [-0.4, -0.2) is 0 Å². The molecular formula is C63H47NO. The SMILES string of the molecule is CC(C)(C)c1ccc(-c2ccc(N(c3ccc4c(c3)-c3ccccc3C4(c3ccccc3)c3ccccc3)c3ccc4ccccc4c3-c3ccc4oc5ccccc5c4c3)cc2)cc1. The first-order valence-corrected chi connectivity index (χ1v) is 22.7. The van der Waals surface area contributed by atoms with Crippen molar-refractivity contribution in [2.24, 2.45) is 0 Å². The van der Waals surface area contributed by atoms with Crippen LogP contribution >= 0.6 is 0 Å². The summed E-state index contributed by atoms with van der Waals surface area (Å²) in [6.07, 6.45) is 0. The number of hydrogen-bond donors (Lipinski definition) is 0. The quantitative estimate of drug-likeness (QED) is 0.159. The second-order valence-electron chi connectivity index (χ2n) is 18.5. The van der Waals surface area contributed by atoms with E-state index < -0.39 is 5.41 Å². The summed E-state index contributed by atoms with van der Waals surface area (Å²) in [5, 5.41) is 4.61. The molecule has 1 aromatic heterocycles. The lowest BCUT2D eigenvalue weighted by Gasteiger charge is -2.34. The Kier molecular flexibility index (Phi) is 9.00. The summed E-state index contributed by atoms with van der Waals surface area (Å²) in [7, 11) is 0. The molecular weight excluding hydrogens is 787 g/mol. The fourth-order valence-electron chi connectivity index (χ4n) is 10.6. The van der Waals surface area contributed by atoms with Crippen LogP contribution in [0.5, 0.6) is 0 Å². The third-order valence-corrected chi connectivity index (χ3v) is 13.7. The molecule has 11 aromatic rings. The van der Waals surface area contributed by atoms with Gasteiger partial charge in [-0.05, 0) is 120 Å². The molecule has 1 aliphatic rings. The van der Waals surface area contributed by atoms with Crippen LogP contribution < -0.4 is 4.90 Å². The van der Waals surface area contributed by atoms with Gasteiger partial charge in [0.15, 0.2) is 0 Å². The molecule has 12 rings (SSSR count). The average Bonchev–Trinajstić information content (AvgIpc) is 3.88. The zero-order valence-corrected chi connectivity index (χ0v) is 36.8. The Morgan fingerprint density at radius 2 is 0.969 bits per heavy atom. The number of furan rings is 1. The molecule has 0 atom stereocenters. The summed E-state index contributed by atoms with van der Waals surface area (Å²) in [4.78, 5) is 2.47. The second-order valence-corrected chi connectivity index (χ2v) is 18.5. The number of benzene rings is 10. The second kappa shape index (κ2) is 15.1. The van der Waals surface area contributed by atoms with Crippen molar-refractivity contribution in [2.45, 2.75) is 31.6 Å². The molecule has 1 heterocycles. The lowest BCUT2D eigenvalue weighted by Crippen LogP contribution is -2.28. The lowest BCUT2D eigenvalue weighted by atomic mass is 9.68. The molecule has 0 bridgehead atoms. The van der Waals surface area contributed by atoms with Crippen molar-refractivity contribution >= 4 is 49.8 Å². The molecule has 2 heteroatoms. The monoisotopic (exact) mass is 833 g/mol. The number of anilines is 3. The van der Waals surface area contributed by atoms with Crippen molar-refractivity contribution in [3.05, 3.63) is 258 Å². The fourth-order valence-corrected chi connectivity index (χ4v) is 10.6. The highest BCUT2D eigenvalue weighted by molar-refractivity contribution is 6.10. The minimum absolute atomic E-state index is 0.0912. The van der Waals surface area contributed by atoms with Crippen LogP contribution in [0.3, 0.4) is 0 Å². The van der Waals surface area contributed by atoms with E-state index in [9.17, 15) is 0 Å². The van der Waals surface area contributed by atoms with Crippen LogP contribution in [0.2, 0.25) is 0 Å². The van der Waals surface area contributed by atoms with Crippen LogP contribution in [-0.2, 0) is 10.8 Å². The Morgan fingerprint density at radius 1 is 0.400 bits per heavy atom. The highest BCUT2D eigenvalue weighted by Gasteiger charge is 2.46. The van der Waals surface area contributed by atoms with E-state index in [-0.39, 0.29) is 5.41 Å². The van der Waals surface area contributed by atoms with Crippen molar-refractivity contribution in [1.82, 2.24) is 0 Å². The summed E-state index contributed by atoms with van der Waals surface area (Å²) in [5.41, 5.74) is 18.3. The third kappa shape index (κ3) is 6.24. The van der Waals surface area contributed by atoms with E-state index in [0.29, 0.717) is 0 Å². The molecule has 0 unspecified atom stereocenters. The maximum Gasteiger partial charge on any atom is 0.135 e. The number of rotatable bonds is 7. The van der Waals surface area contributed by atoms with E-state index >= 15 is 0 Å². The highest BCUT2D eigenvalue weighted by atomic mass is 16.3. The molecule has 0 amide bonds. The van der Waals surface area contributed by atoms with E-state index in [1.807, 2.05) is 6.07 Å². The van der Waals surface area contributed by atoms with Gasteiger partial charge in [0.05, 0.1) is 11.1 Å². The standard InChI is InChI=1S/C63H47NO/c1-62(2,3)46-32-26-42(27-33-46)43-28-34-49(35-29-43)64(58-38-30-44-16-10-11-21-51(44)61(58)45-31-39-60-55(40-45)53-23-13-15-25-59(53)65-60)50-36-37-57-54(41-50)52-22-12-14-24-56(52)63(57,47-17-6-4-7-18-47)48-19-8-5-9-20-48/h4-41H,1-3H3. The first-order chi connectivity index (χ1) is 31.9. The molecule has 310 valence electrons. The van der Waals surface area contributed by atoms with Crippen LogP contribution in [0.4, 0.5) is 17.1 Å². The first-order valence-electron chi connectivity index (χ1n) is 22.7. The van der Waals surface area contributed by atoms with Gasteiger partial charge in [-0.25, -0.2) is 0 Å². The van der Waals surface area contributed by atoms with E-state index in [2.05, 4.69) is 250 Å². The molecule has 0 saturated carbocycles. The smallest absolute Gasteiger partial charge is 0.135 e. The Balaban J connectivity index is 1.10. The summed E-state index contributed by atoms with van der Waals surface area (Å²) >= 11 is 0. The summed E-state index contributed by atoms with van der Waals surface area (Å²) in [6, 6.07) is 84.8. The average molecular weight is 834 g/mol. The largest absolute Gasteiger partial charge is 0.456 e. The summed E-state index contributed by atoms with van der Waals surface area (Å²) in [6.45, 7) is 6.80. The predicted molar refractivity (Wildman–Crippen MR) is 273 cm³/mol. The third-order valence-electron chi connectivity index (χ3n) is 13.7. The van der Waals surface area contributed by atoms with Crippen molar-refractivity contribution in [3.63, 3.8) is 0 Å². The van der Waals surface area contributed by atoms with Gasteiger partial charge in [0, 0.05) is 27.7 Å². The summed E-state index contributed by atoms with van der Waals surface area (Å²) < 4.78 is 6.36. The molecule has 65 heavy (non-hydrogen) atoms. The molecule has 0 spiro atoms. The number of para-hydroxylation sites is 1. The van der Waals surface area contributed by atoms with Gasteiger partial charge in [-0.15, -0.1) is 0 Å². The van der Waals surface area contributed by atoms with E-state index in [0.717, 1.165) is 44.6 Å². The zero-order chi connectivity index (χ0) is 43.7. The van der Waals surface area contributed by atoms with Gasteiger partial charge in [0.2, 0.25) is 0 Å². The Morgan fingerprint density at radius 3 is 1.69 bits per heavy atom. The molecule has 0 aliphatic heterocycles.